The minimum absolute atomic E-state index is 0. The first-order valence-corrected chi connectivity index (χ1v) is 47.3. The minimum Gasteiger partial charge on any atom is -0.312 e. The second kappa shape index (κ2) is 35.7. The van der Waals surface area contributed by atoms with E-state index in [1.807, 2.05) is 24.3 Å². The lowest BCUT2D eigenvalue weighted by Crippen LogP contribution is -2.59. The third-order valence-corrected chi connectivity index (χ3v) is 29.2. The summed E-state index contributed by atoms with van der Waals surface area (Å²) in [5.41, 5.74) is 34.5. The van der Waals surface area contributed by atoms with E-state index in [-0.39, 0.29) is 24.6 Å². The molecule has 606 valence electrons. The monoisotopic (exact) mass is 1730 g/mol. The quantitative estimate of drug-likeness (QED) is 0.0797. The number of fused-ring (bicyclic) bond motifs is 6. The van der Waals surface area contributed by atoms with E-state index < -0.39 is 19.7 Å². The molecule has 3 aliphatic heterocycles. The number of rotatable bonds is 18. The molecule has 119 heavy (non-hydrogen) atoms. The number of nitrogens with zero attached hydrogens (tertiary/aromatic N) is 2. The number of halogens is 2. The summed E-state index contributed by atoms with van der Waals surface area (Å²) in [7, 11) is -7.29. The van der Waals surface area contributed by atoms with E-state index in [0.717, 1.165) is 49.5 Å². The maximum absolute atomic E-state index is 14.7. The van der Waals surface area contributed by atoms with Crippen molar-refractivity contribution in [2.24, 2.45) is 0 Å². The van der Waals surface area contributed by atoms with E-state index >= 15 is 0 Å². The van der Waals surface area contributed by atoms with E-state index in [2.05, 4.69) is 348 Å². The number of benzene rings is 13. The van der Waals surface area contributed by atoms with Crippen molar-refractivity contribution < 1.29 is 18.3 Å². The van der Waals surface area contributed by atoms with E-state index in [4.69, 9.17) is 0 Å². The van der Waals surface area contributed by atoms with Gasteiger partial charge in [-0.15, -0.1) is 0 Å². The Morgan fingerprint density at radius 3 is 0.689 bits per heavy atom. The van der Waals surface area contributed by atoms with Crippen molar-refractivity contribution in [3.05, 3.63) is 349 Å². The summed E-state index contributed by atoms with van der Waals surface area (Å²) in [4.78, 5) is 5.73. The molecule has 0 spiro atoms. The van der Waals surface area contributed by atoms with Crippen LogP contribution in [0.15, 0.2) is 308 Å². The highest BCUT2D eigenvalue weighted by molar-refractivity contribution is 9.10. The van der Waals surface area contributed by atoms with Crippen LogP contribution in [-0.2, 0) is 26.1 Å². The molecule has 0 atom stereocenters. The van der Waals surface area contributed by atoms with Gasteiger partial charge in [-0.2, -0.15) is 0 Å². The Balaban J connectivity index is 0.000000214. The molecule has 0 N–H and O–H groups in total. The van der Waals surface area contributed by atoms with Gasteiger partial charge in [-0.05, 0) is 264 Å². The van der Waals surface area contributed by atoms with E-state index in [0.29, 0.717) is 69.8 Å². The van der Waals surface area contributed by atoms with Gasteiger partial charge in [-0.1, -0.05) is 342 Å². The predicted octanol–water partition coefficient (Wildman–Crippen LogP) is 23.6. The Bertz CT molecular complexity index is 5620. The molecular weight excluding hydrogens is 1620 g/mol. The van der Waals surface area contributed by atoms with Crippen molar-refractivity contribution in [1.29, 1.82) is 0 Å². The summed E-state index contributed by atoms with van der Waals surface area (Å²) in [5, 5.41) is 0. The summed E-state index contributed by atoms with van der Waals surface area (Å²) in [5.74, 6) is 3.78. The Hall–Kier alpha value is -9.49. The number of para-hydroxylation sites is 4. The zero-order chi connectivity index (χ0) is 84.8. The normalized spacial score (nSPS) is 13.1. The average Bonchev–Trinajstić information content (AvgIpc) is 0.751. The van der Waals surface area contributed by atoms with Gasteiger partial charge in [0.15, 0.2) is 0 Å². The van der Waals surface area contributed by atoms with Crippen molar-refractivity contribution in [3.63, 3.8) is 0 Å². The molecule has 0 fully saturated rings. The molecule has 16 rings (SSSR count). The van der Waals surface area contributed by atoms with Gasteiger partial charge in [-0.3, -0.25) is 0 Å². The smallest absolute Gasteiger partial charge is 0.247 e. The van der Waals surface area contributed by atoms with E-state index in [1.54, 1.807) is 78.3 Å². The van der Waals surface area contributed by atoms with Gasteiger partial charge < -0.3 is 9.80 Å². The Morgan fingerprint density at radius 2 is 0.462 bits per heavy atom. The fourth-order valence-electron chi connectivity index (χ4n) is 18.2. The molecule has 6 nitrogen and oxygen atoms in total. The average molecular weight is 1740 g/mol. The van der Waals surface area contributed by atoms with Crippen molar-refractivity contribution in [2.75, 3.05) is 9.80 Å². The number of hydrogen-bond acceptors (Lipinski definition) is 6. The van der Waals surface area contributed by atoms with Crippen molar-refractivity contribution in [3.8, 4) is 0 Å². The molecule has 13 heteroatoms. The molecule has 3 aliphatic rings. The van der Waals surface area contributed by atoms with Crippen LogP contribution in [0.25, 0.3) is 0 Å². The van der Waals surface area contributed by atoms with Crippen LogP contribution >= 0.6 is 31.9 Å². The van der Waals surface area contributed by atoms with E-state index in [1.165, 1.54) is 105 Å². The lowest BCUT2D eigenvalue weighted by molar-refractivity contribution is 0.594. The largest absolute Gasteiger partial charge is 0.312 e. The van der Waals surface area contributed by atoms with Crippen LogP contribution in [0.2, 0.25) is 0 Å². The zero-order valence-corrected chi connectivity index (χ0v) is 77.1. The van der Waals surface area contributed by atoms with Crippen LogP contribution in [-0.4, -0.2) is 37.0 Å². The highest BCUT2D eigenvalue weighted by atomic mass is 79.9. The lowest BCUT2D eigenvalue weighted by Gasteiger charge is -2.39. The third-order valence-electron chi connectivity index (χ3n) is 24.5. The van der Waals surface area contributed by atoms with Gasteiger partial charge in [-0.25, -0.2) is 16.8 Å². The highest BCUT2D eigenvalue weighted by Crippen LogP contribution is 2.42. The highest BCUT2D eigenvalue weighted by Gasteiger charge is 2.42. The SMILES string of the molecule is CC(C)c1cc(C(C)C)c(B2c3ccccc3Cc3ccccc32)c(C(C)C)c1.CC(C)c1cc(C(C)C)c(B2c3ccccc3N(c3ccc(S(=O)(=O)c4ccc(N5c6ccccc6B(c6c(C(C)C)cc(C(C)C)cc6C(C)C)c6ccccc65)cc4)cc3)c3ccccc32)c(C(C)C)c1.O=S(=O)(c1ccc(Br)cc1)c1ccc(Br)cc1.[2HH]. The van der Waals surface area contributed by atoms with Crippen LogP contribution in [0.1, 0.15) is 241 Å². The lowest BCUT2D eigenvalue weighted by atomic mass is 9.32. The number of anilines is 6. The van der Waals surface area contributed by atoms with Gasteiger partial charge in [0.05, 0.1) is 19.6 Å². The molecule has 0 bridgehead atoms. The molecule has 13 aromatic carbocycles. The van der Waals surface area contributed by atoms with Crippen molar-refractivity contribution in [1.82, 2.24) is 0 Å². The Labute approximate surface area is 730 Å². The molecule has 0 radical (unpaired) electrons. The van der Waals surface area contributed by atoms with Gasteiger partial charge in [0.1, 0.15) is 0 Å². The molecule has 0 saturated carbocycles. The summed E-state index contributed by atoms with van der Waals surface area (Å²) in [6.07, 6.45) is 1.04. The van der Waals surface area contributed by atoms with Crippen LogP contribution in [0.4, 0.5) is 34.1 Å². The molecule has 0 aliphatic carbocycles. The second-order valence-electron chi connectivity index (χ2n) is 35.4. The van der Waals surface area contributed by atoms with E-state index in [9.17, 15) is 16.8 Å². The summed E-state index contributed by atoms with van der Waals surface area (Å²) >= 11 is 6.55. The van der Waals surface area contributed by atoms with Gasteiger partial charge in [0, 0.05) is 44.5 Å². The fourth-order valence-corrected chi connectivity index (χ4v) is 21.3. The molecule has 13 aromatic rings. The van der Waals surface area contributed by atoms with Gasteiger partial charge in [0.2, 0.25) is 39.8 Å². The first-order valence-electron chi connectivity index (χ1n) is 42.7. The number of hydrogen-bond donors (Lipinski definition) is 0. The Kier molecular flexibility index (Phi) is 25.8. The van der Waals surface area contributed by atoms with Crippen molar-refractivity contribution >= 4 is 155 Å². The molecule has 0 amide bonds. The van der Waals surface area contributed by atoms with Crippen LogP contribution in [0.5, 0.6) is 0 Å². The topological polar surface area (TPSA) is 74.8 Å². The standard InChI is InChI=1S/C66H70B2N2O2S.C28H33B.C12H8Br2O2S.H2/c1-41(2)47-37-53(43(5)6)65(54(38-47)44(7)8)67-57-21-13-17-25-61(57)69(62-26-18-14-22-58(62)67)49-29-33-51(34-30-49)73(71,72)52-35-31-50(32-36-52)70-63-27-19-15-23-59(63)68(60-24-16-20-28-64(60)70)66-55(45(9)10)39-48(42(3)4)40-56(66)46(11)12;1-18(2)23-16-24(19(3)4)28(25(17-23)20(5)6)29-26-13-9-7-11-21(26)15-22-12-8-10-14-27(22)29;13-9-1-5-11(6-2-9)17(15,16)12-7-3-10(14)4-8-12;/h13-46H,1-12H3;7-14,16-20H,15H2,1-6H3;1-8H;1H/i;;;1+1. The second-order valence-corrected chi connectivity index (χ2v) is 41.1. The molecule has 0 saturated heterocycles. The maximum atomic E-state index is 14.7. The molecule has 0 aromatic heterocycles. The fraction of sp³-hybridized carbons (Fsp3) is 0.264. The summed E-state index contributed by atoms with van der Waals surface area (Å²) in [6.45, 7) is 42.2. The van der Waals surface area contributed by atoms with Crippen LogP contribution in [0, 0.1) is 0 Å². The first-order chi connectivity index (χ1) is 56.8. The molecule has 3 heterocycles. The maximum Gasteiger partial charge on any atom is 0.247 e. The van der Waals surface area contributed by atoms with Gasteiger partial charge in [0.25, 0.3) is 0 Å². The van der Waals surface area contributed by atoms with Crippen molar-refractivity contribution in [2.45, 2.75) is 204 Å². The Morgan fingerprint density at radius 1 is 0.261 bits per heavy atom. The minimum atomic E-state index is -3.87. The van der Waals surface area contributed by atoms with Gasteiger partial charge >= 0.3 is 0 Å². The van der Waals surface area contributed by atoms with Crippen LogP contribution in [0.3, 0.4) is 0 Å². The zero-order valence-electron chi connectivity index (χ0n) is 72.3. The molecular formula is C106H113B3Br2N2O4S2. The summed E-state index contributed by atoms with van der Waals surface area (Å²) < 4.78 is 55.5. The third kappa shape index (κ3) is 17.1. The predicted molar refractivity (Wildman–Crippen MR) is 519 cm³/mol. The first kappa shape index (κ1) is 85.9. The molecule has 0 unspecified atom stereocenters. The summed E-state index contributed by atoms with van der Waals surface area (Å²) in [6, 6.07) is 96.2. The van der Waals surface area contributed by atoms with Crippen LogP contribution < -0.4 is 59.0 Å². The number of sulfone groups is 2.